The van der Waals surface area contributed by atoms with Crippen LogP contribution in [0.25, 0.3) is 11.4 Å². The van der Waals surface area contributed by atoms with Gasteiger partial charge in [0.25, 0.3) is 5.91 Å². The molecule has 2 aromatic rings. The molecule has 1 unspecified atom stereocenters. The number of benzene rings is 1. The number of aromatic amines is 1. The third-order valence-electron chi connectivity index (χ3n) is 4.65. The largest absolute Gasteiger partial charge is 0.381 e. The fourth-order valence-electron chi connectivity index (χ4n) is 3.20. The highest BCUT2D eigenvalue weighted by atomic mass is 16.5. The van der Waals surface area contributed by atoms with E-state index >= 15 is 0 Å². The van der Waals surface area contributed by atoms with Crippen molar-refractivity contribution in [1.29, 1.82) is 0 Å². The Hall–Kier alpha value is -2.21. The second kappa shape index (κ2) is 5.53. The van der Waals surface area contributed by atoms with Gasteiger partial charge in [0.15, 0.2) is 5.82 Å². The summed E-state index contributed by atoms with van der Waals surface area (Å²) in [4.78, 5) is 18.5. The highest BCUT2D eigenvalue weighted by Crippen LogP contribution is 2.30. The molecule has 0 radical (unpaired) electrons. The molecule has 2 fully saturated rings. The van der Waals surface area contributed by atoms with Gasteiger partial charge in [0, 0.05) is 37.4 Å². The summed E-state index contributed by atoms with van der Waals surface area (Å²) in [7, 11) is 0. The molecule has 1 aromatic carbocycles. The standard InChI is InChI=1S/C16H18N4O2/c21-16(20-7-14(8-20)13-5-6-22-9-13)12-3-1-11(2-4-12)15-17-10-18-19-15/h1-4,10,13-14H,5-9H2,(H,17,18,19). The SMILES string of the molecule is O=C(c1ccc(-c2ncn[nH]2)cc1)N1CC(C2CCOC2)C1. The first-order chi connectivity index (χ1) is 10.8. The molecule has 6 heteroatoms. The van der Waals surface area contributed by atoms with Crippen LogP contribution in [0.2, 0.25) is 0 Å². The first-order valence-corrected chi connectivity index (χ1v) is 7.64. The monoisotopic (exact) mass is 298 g/mol. The zero-order chi connectivity index (χ0) is 14.9. The minimum Gasteiger partial charge on any atom is -0.381 e. The Labute approximate surface area is 128 Å². The maximum absolute atomic E-state index is 12.4. The Kier molecular flexibility index (Phi) is 3.38. The van der Waals surface area contributed by atoms with Crippen molar-refractivity contribution in [2.75, 3.05) is 26.3 Å². The number of carbonyl (C=O) groups is 1. The van der Waals surface area contributed by atoms with E-state index in [1.165, 1.54) is 6.33 Å². The number of aromatic nitrogens is 3. The van der Waals surface area contributed by atoms with Gasteiger partial charge in [0.05, 0.1) is 0 Å². The first kappa shape index (κ1) is 13.5. The first-order valence-electron chi connectivity index (χ1n) is 7.64. The Bertz CT molecular complexity index is 641. The van der Waals surface area contributed by atoms with Crippen molar-refractivity contribution >= 4 is 5.91 Å². The van der Waals surface area contributed by atoms with Gasteiger partial charge in [0.1, 0.15) is 6.33 Å². The van der Waals surface area contributed by atoms with E-state index in [-0.39, 0.29) is 5.91 Å². The Morgan fingerprint density at radius 3 is 2.68 bits per heavy atom. The van der Waals surface area contributed by atoms with Crippen LogP contribution in [0, 0.1) is 11.8 Å². The maximum atomic E-state index is 12.4. The molecule has 0 aliphatic carbocycles. The fourth-order valence-corrected chi connectivity index (χ4v) is 3.20. The Balaban J connectivity index is 1.39. The molecule has 6 nitrogen and oxygen atoms in total. The number of hydrogen-bond donors (Lipinski definition) is 1. The van der Waals surface area contributed by atoms with Gasteiger partial charge < -0.3 is 9.64 Å². The van der Waals surface area contributed by atoms with Crippen LogP contribution in [0.15, 0.2) is 30.6 Å². The predicted molar refractivity (Wildman–Crippen MR) is 80.1 cm³/mol. The van der Waals surface area contributed by atoms with Crippen LogP contribution in [-0.2, 0) is 4.74 Å². The minimum absolute atomic E-state index is 0.110. The molecular weight excluding hydrogens is 280 g/mol. The fraction of sp³-hybridized carbons (Fsp3) is 0.438. The van der Waals surface area contributed by atoms with E-state index in [4.69, 9.17) is 4.74 Å². The van der Waals surface area contributed by atoms with E-state index in [2.05, 4.69) is 15.2 Å². The molecule has 2 aliphatic rings. The normalized spacial score (nSPS) is 21.8. The number of carbonyl (C=O) groups excluding carboxylic acids is 1. The van der Waals surface area contributed by atoms with Crippen LogP contribution in [-0.4, -0.2) is 52.3 Å². The molecule has 0 saturated carbocycles. The highest BCUT2D eigenvalue weighted by Gasteiger charge is 2.37. The predicted octanol–water partition coefficient (Wildman–Crippen LogP) is 1.58. The lowest BCUT2D eigenvalue weighted by molar-refractivity contribution is 0.0342. The molecule has 114 valence electrons. The molecule has 1 atom stereocenters. The zero-order valence-corrected chi connectivity index (χ0v) is 12.2. The van der Waals surface area contributed by atoms with Crippen LogP contribution in [0.3, 0.4) is 0 Å². The number of ether oxygens (including phenoxy) is 1. The van der Waals surface area contributed by atoms with Crippen molar-refractivity contribution < 1.29 is 9.53 Å². The van der Waals surface area contributed by atoms with Crippen LogP contribution >= 0.6 is 0 Å². The lowest BCUT2D eigenvalue weighted by Gasteiger charge is -2.42. The summed E-state index contributed by atoms with van der Waals surface area (Å²) < 4.78 is 5.43. The van der Waals surface area contributed by atoms with Crippen molar-refractivity contribution in [3.05, 3.63) is 36.2 Å². The minimum atomic E-state index is 0.110. The summed E-state index contributed by atoms with van der Waals surface area (Å²) in [5.41, 5.74) is 1.66. The molecular formula is C16H18N4O2. The smallest absolute Gasteiger partial charge is 0.253 e. The lowest BCUT2D eigenvalue weighted by Crippen LogP contribution is -2.52. The van der Waals surface area contributed by atoms with Gasteiger partial charge in [-0.25, -0.2) is 4.98 Å². The van der Waals surface area contributed by atoms with E-state index in [1.807, 2.05) is 29.2 Å². The summed E-state index contributed by atoms with van der Waals surface area (Å²) in [5, 5.41) is 6.65. The van der Waals surface area contributed by atoms with Gasteiger partial charge in [-0.1, -0.05) is 12.1 Å². The van der Waals surface area contributed by atoms with Gasteiger partial charge in [-0.3, -0.25) is 9.89 Å². The van der Waals surface area contributed by atoms with Crippen molar-refractivity contribution in [3.8, 4) is 11.4 Å². The van der Waals surface area contributed by atoms with Crippen LogP contribution < -0.4 is 0 Å². The third kappa shape index (κ3) is 2.39. The maximum Gasteiger partial charge on any atom is 0.253 e. The van der Waals surface area contributed by atoms with E-state index in [9.17, 15) is 4.79 Å². The topological polar surface area (TPSA) is 71.1 Å². The number of likely N-dealkylation sites (tertiary alicyclic amines) is 1. The van der Waals surface area contributed by atoms with Crippen molar-refractivity contribution in [2.24, 2.45) is 11.8 Å². The molecule has 2 saturated heterocycles. The second-order valence-corrected chi connectivity index (χ2v) is 6.01. The average molecular weight is 298 g/mol. The molecule has 3 heterocycles. The molecule has 1 aromatic heterocycles. The van der Waals surface area contributed by atoms with Gasteiger partial charge in [-0.15, -0.1) is 0 Å². The Morgan fingerprint density at radius 2 is 2.05 bits per heavy atom. The molecule has 0 spiro atoms. The number of rotatable bonds is 3. The Morgan fingerprint density at radius 1 is 1.23 bits per heavy atom. The number of nitrogens with zero attached hydrogens (tertiary/aromatic N) is 3. The quantitative estimate of drug-likeness (QED) is 0.934. The van der Waals surface area contributed by atoms with Gasteiger partial charge in [0.2, 0.25) is 0 Å². The molecule has 0 bridgehead atoms. The van der Waals surface area contributed by atoms with Crippen LogP contribution in [0.4, 0.5) is 0 Å². The van der Waals surface area contributed by atoms with Crippen molar-refractivity contribution in [1.82, 2.24) is 20.1 Å². The summed E-state index contributed by atoms with van der Waals surface area (Å²) in [6.45, 7) is 3.45. The van der Waals surface area contributed by atoms with Crippen molar-refractivity contribution in [2.45, 2.75) is 6.42 Å². The van der Waals surface area contributed by atoms with E-state index in [1.54, 1.807) is 0 Å². The number of hydrogen-bond acceptors (Lipinski definition) is 4. The van der Waals surface area contributed by atoms with Crippen LogP contribution in [0.5, 0.6) is 0 Å². The third-order valence-corrected chi connectivity index (χ3v) is 4.65. The van der Waals surface area contributed by atoms with Gasteiger partial charge in [-0.2, -0.15) is 5.10 Å². The van der Waals surface area contributed by atoms with Gasteiger partial charge in [-0.05, 0) is 30.4 Å². The van der Waals surface area contributed by atoms with Crippen molar-refractivity contribution in [3.63, 3.8) is 0 Å². The zero-order valence-electron chi connectivity index (χ0n) is 12.2. The number of nitrogens with one attached hydrogen (secondary N) is 1. The number of amides is 1. The number of H-pyrrole nitrogens is 1. The lowest BCUT2D eigenvalue weighted by atomic mass is 9.85. The van der Waals surface area contributed by atoms with Gasteiger partial charge >= 0.3 is 0 Å². The highest BCUT2D eigenvalue weighted by molar-refractivity contribution is 5.95. The summed E-state index contributed by atoms with van der Waals surface area (Å²) >= 11 is 0. The molecule has 4 rings (SSSR count). The average Bonchev–Trinajstić information content (AvgIpc) is 3.19. The van der Waals surface area contributed by atoms with Crippen LogP contribution in [0.1, 0.15) is 16.8 Å². The van der Waals surface area contributed by atoms with E-state index in [0.717, 1.165) is 43.9 Å². The summed E-state index contributed by atoms with van der Waals surface area (Å²) in [6.07, 6.45) is 2.61. The molecule has 22 heavy (non-hydrogen) atoms. The summed E-state index contributed by atoms with van der Waals surface area (Å²) in [5.74, 6) is 2.07. The molecule has 2 aliphatic heterocycles. The van der Waals surface area contributed by atoms with E-state index < -0.39 is 0 Å². The summed E-state index contributed by atoms with van der Waals surface area (Å²) in [6, 6.07) is 7.50. The second-order valence-electron chi connectivity index (χ2n) is 6.01. The van der Waals surface area contributed by atoms with E-state index in [0.29, 0.717) is 17.7 Å². The molecule has 1 amide bonds. The molecule has 1 N–H and O–H groups in total.